The normalized spacial score (nSPS) is 28.6. The summed E-state index contributed by atoms with van der Waals surface area (Å²) in [6, 6.07) is -1.08. The summed E-state index contributed by atoms with van der Waals surface area (Å²) in [5.74, 6) is -1.03. The minimum Gasteiger partial charge on any atom is -0.378 e. The third-order valence-electron chi connectivity index (χ3n) is 7.67. The molecule has 190 valence electrons. The molecule has 1 aliphatic carbocycles. The van der Waals surface area contributed by atoms with Gasteiger partial charge in [0.05, 0.1) is 19.3 Å². The van der Waals surface area contributed by atoms with E-state index in [4.69, 9.17) is 18.9 Å². The zero-order valence-electron chi connectivity index (χ0n) is 21.1. The molecule has 9 heteroatoms. The summed E-state index contributed by atoms with van der Waals surface area (Å²) >= 11 is 0. The van der Waals surface area contributed by atoms with Crippen molar-refractivity contribution in [2.45, 2.75) is 83.3 Å². The van der Waals surface area contributed by atoms with Crippen LogP contribution in [0.4, 0.5) is 4.79 Å². The SMILES string of the molecule is CC.COC1(OC)CO[C@@H]2CCN(C(=O)C(CC3(C)CCCC3)NC(=O)N3CCOCC3)[C@@H]21. The molecule has 0 radical (unpaired) electrons. The number of rotatable bonds is 6. The van der Waals surface area contributed by atoms with Crippen molar-refractivity contribution in [3.05, 3.63) is 0 Å². The summed E-state index contributed by atoms with van der Waals surface area (Å²) < 4.78 is 22.7. The van der Waals surface area contributed by atoms with E-state index >= 15 is 0 Å². The first-order chi connectivity index (χ1) is 15.9. The van der Waals surface area contributed by atoms with E-state index in [9.17, 15) is 9.59 Å². The van der Waals surface area contributed by atoms with E-state index in [0.29, 0.717) is 45.9 Å². The molecule has 3 heterocycles. The third kappa shape index (κ3) is 5.47. The van der Waals surface area contributed by atoms with E-state index in [1.165, 1.54) is 12.8 Å². The highest BCUT2D eigenvalue weighted by atomic mass is 16.7. The van der Waals surface area contributed by atoms with E-state index < -0.39 is 11.8 Å². The molecule has 3 amide bonds. The van der Waals surface area contributed by atoms with Crippen molar-refractivity contribution in [1.82, 2.24) is 15.1 Å². The Labute approximate surface area is 198 Å². The molecule has 0 aromatic rings. The molecule has 9 nitrogen and oxygen atoms in total. The fourth-order valence-electron chi connectivity index (χ4n) is 5.79. The van der Waals surface area contributed by atoms with Crippen LogP contribution < -0.4 is 5.32 Å². The summed E-state index contributed by atoms with van der Waals surface area (Å²) in [7, 11) is 3.18. The zero-order valence-corrected chi connectivity index (χ0v) is 21.1. The predicted octanol–water partition coefficient (Wildman–Crippen LogP) is 2.38. The summed E-state index contributed by atoms with van der Waals surface area (Å²) in [5, 5.41) is 3.08. The molecular weight excluding hydrogens is 426 g/mol. The number of methoxy groups -OCH3 is 2. The monoisotopic (exact) mass is 469 g/mol. The molecule has 33 heavy (non-hydrogen) atoms. The van der Waals surface area contributed by atoms with Crippen LogP contribution in [-0.2, 0) is 23.7 Å². The molecule has 3 saturated heterocycles. The van der Waals surface area contributed by atoms with Crippen LogP contribution in [-0.4, -0.2) is 99.4 Å². The Balaban J connectivity index is 0.00000149. The Bertz CT molecular complexity index is 659. The number of morpholine rings is 1. The smallest absolute Gasteiger partial charge is 0.318 e. The number of carbonyl (C=O) groups excluding carboxylic acids is 2. The van der Waals surface area contributed by atoms with Gasteiger partial charge in [-0.1, -0.05) is 33.6 Å². The Hall–Kier alpha value is -1.42. The van der Waals surface area contributed by atoms with Crippen molar-refractivity contribution in [2.24, 2.45) is 5.41 Å². The van der Waals surface area contributed by atoms with Gasteiger partial charge in [0.15, 0.2) is 0 Å². The number of likely N-dealkylation sites (tertiary alicyclic amines) is 1. The van der Waals surface area contributed by atoms with Crippen molar-refractivity contribution in [3.63, 3.8) is 0 Å². The van der Waals surface area contributed by atoms with Crippen LogP contribution in [0.2, 0.25) is 0 Å². The van der Waals surface area contributed by atoms with Crippen LogP contribution in [0.15, 0.2) is 0 Å². The maximum atomic E-state index is 13.9. The minimum atomic E-state index is -0.965. The Morgan fingerprint density at radius 1 is 1.09 bits per heavy atom. The van der Waals surface area contributed by atoms with E-state index in [1.54, 1.807) is 19.1 Å². The lowest BCUT2D eigenvalue weighted by Gasteiger charge is -2.39. The first-order valence-corrected chi connectivity index (χ1v) is 12.6. The lowest BCUT2D eigenvalue weighted by Crippen LogP contribution is -2.60. The molecule has 0 bridgehead atoms. The summed E-state index contributed by atoms with van der Waals surface area (Å²) in [4.78, 5) is 30.4. The average molecular weight is 470 g/mol. The topological polar surface area (TPSA) is 89.6 Å². The van der Waals surface area contributed by atoms with E-state index in [0.717, 1.165) is 19.3 Å². The van der Waals surface area contributed by atoms with Gasteiger partial charge in [-0.15, -0.1) is 0 Å². The van der Waals surface area contributed by atoms with Crippen LogP contribution in [0.25, 0.3) is 0 Å². The number of amides is 3. The molecule has 0 spiro atoms. The molecule has 0 aromatic heterocycles. The molecule has 3 atom stereocenters. The van der Waals surface area contributed by atoms with Gasteiger partial charge in [-0.2, -0.15) is 0 Å². The van der Waals surface area contributed by atoms with E-state index in [-0.39, 0.29) is 29.5 Å². The first-order valence-electron chi connectivity index (χ1n) is 12.6. The Morgan fingerprint density at radius 2 is 1.73 bits per heavy atom. The molecule has 3 aliphatic heterocycles. The van der Waals surface area contributed by atoms with Gasteiger partial charge in [0.1, 0.15) is 18.7 Å². The van der Waals surface area contributed by atoms with Gasteiger partial charge in [-0.05, 0) is 31.1 Å². The quantitative estimate of drug-likeness (QED) is 0.601. The van der Waals surface area contributed by atoms with Gasteiger partial charge in [0.2, 0.25) is 11.7 Å². The summed E-state index contributed by atoms with van der Waals surface area (Å²) in [5.41, 5.74) is 0.0590. The summed E-state index contributed by atoms with van der Waals surface area (Å²) in [6.07, 6.45) is 5.79. The fraction of sp³-hybridized carbons (Fsp3) is 0.917. The fourth-order valence-corrected chi connectivity index (χ4v) is 5.79. The van der Waals surface area contributed by atoms with Crippen molar-refractivity contribution in [1.29, 1.82) is 0 Å². The average Bonchev–Trinajstić information content (AvgIpc) is 3.56. The Morgan fingerprint density at radius 3 is 2.33 bits per heavy atom. The van der Waals surface area contributed by atoms with Gasteiger partial charge >= 0.3 is 6.03 Å². The van der Waals surface area contributed by atoms with Gasteiger partial charge < -0.3 is 34.1 Å². The molecule has 1 N–H and O–H groups in total. The number of urea groups is 1. The zero-order chi connectivity index (χ0) is 24.1. The molecule has 1 unspecified atom stereocenters. The van der Waals surface area contributed by atoms with Crippen LogP contribution in [0.3, 0.4) is 0 Å². The van der Waals surface area contributed by atoms with Gasteiger partial charge in [0, 0.05) is 33.9 Å². The van der Waals surface area contributed by atoms with Crippen molar-refractivity contribution in [3.8, 4) is 0 Å². The second kappa shape index (κ2) is 11.3. The van der Waals surface area contributed by atoms with Crippen LogP contribution in [0.1, 0.15) is 59.3 Å². The molecule has 4 rings (SSSR count). The number of ether oxygens (including phenoxy) is 4. The van der Waals surface area contributed by atoms with E-state index in [2.05, 4.69) is 12.2 Å². The van der Waals surface area contributed by atoms with Crippen LogP contribution in [0.5, 0.6) is 0 Å². The number of fused-ring (bicyclic) bond motifs is 1. The van der Waals surface area contributed by atoms with Gasteiger partial charge in [0.25, 0.3) is 0 Å². The second-order valence-electron chi connectivity index (χ2n) is 9.66. The highest BCUT2D eigenvalue weighted by molar-refractivity contribution is 5.87. The number of hydrogen-bond acceptors (Lipinski definition) is 6. The van der Waals surface area contributed by atoms with E-state index in [1.807, 2.05) is 18.7 Å². The van der Waals surface area contributed by atoms with Crippen molar-refractivity contribution in [2.75, 3.05) is 53.7 Å². The maximum absolute atomic E-state index is 13.9. The molecule has 1 saturated carbocycles. The summed E-state index contributed by atoms with van der Waals surface area (Å²) in [6.45, 7) is 9.25. The molecular formula is C24H43N3O6. The molecule has 0 aromatic carbocycles. The van der Waals surface area contributed by atoms with Crippen LogP contribution in [0, 0.1) is 5.41 Å². The number of nitrogens with one attached hydrogen (secondary N) is 1. The molecule has 4 aliphatic rings. The first kappa shape index (κ1) is 26.2. The Kier molecular flexibility index (Phi) is 9.00. The third-order valence-corrected chi connectivity index (χ3v) is 7.67. The highest BCUT2D eigenvalue weighted by Gasteiger charge is 2.58. The lowest BCUT2D eigenvalue weighted by atomic mass is 9.81. The minimum absolute atomic E-state index is 0.0590. The van der Waals surface area contributed by atoms with Crippen molar-refractivity contribution < 1.29 is 28.5 Å². The number of nitrogens with zero attached hydrogens (tertiary/aromatic N) is 2. The predicted molar refractivity (Wildman–Crippen MR) is 124 cm³/mol. The van der Waals surface area contributed by atoms with Crippen LogP contribution >= 0.6 is 0 Å². The highest BCUT2D eigenvalue weighted by Crippen LogP contribution is 2.43. The number of carbonyl (C=O) groups is 2. The molecule has 4 fully saturated rings. The largest absolute Gasteiger partial charge is 0.378 e. The maximum Gasteiger partial charge on any atom is 0.318 e. The second-order valence-corrected chi connectivity index (χ2v) is 9.66. The van der Waals surface area contributed by atoms with Crippen molar-refractivity contribution >= 4 is 11.9 Å². The standard InChI is InChI=1S/C22H37N3O6.C2H6/c1-21(7-4-5-8-21)14-16(23-20(27)24-10-12-30-13-11-24)19(26)25-9-6-17-18(25)22(28-2,29-3)15-31-17;1-2/h16-18H,4-15H2,1-3H3,(H,23,27);1-2H3/t16?,17-,18+;/m1./s1. The van der Waals surface area contributed by atoms with Gasteiger partial charge in [-0.3, -0.25) is 4.79 Å². The lowest BCUT2D eigenvalue weighted by molar-refractivity contribution is -0.227. The number of hydrogen-bond donors (Lipinski definition) is 1. The van der Waals surface area contributed by atoms with Gasteiger partial charge in [-0.25, -0.2) is 4.79 Å².